The highest BCUT2D eigenvalue weighted by molar-refractivity contribution is 6.10. The van der Waals surface area contributed by atoms with Crippen LogP contribution in [0.5, 0.6) is 0 Å². The van der Waals surface area contributed by atoms with Crippen LogP contribution in [0.25, 0.3) is 27.5 Å². The minimum absolute atomic E-state index is 0.0223. The molecule has 9 heteroatoms. The molecule has 4 rings (SSSR count). The normalized spacial score (nSPS) is 16.4. The molecule has 28 heavy (non-hydrogen) atoms. The summed E-state index contributed by atoms with van der Waals surface area (Å²) < 4.78 is 1.66. The summed E-state index contributed by atoms with van der Waals surface area (Å²) in [5.41, 5.74) is 7.69. The van der Waals surface area contributed by atoms with Gasteiger partial charge in [-0.15, -0.1) is 0 Å². The van der Waals surface area contributed by atoms with Crippen molar-refractivity contribution in [2.45, 2.75) is 18.9 Å². The van der Waals surface area contributed by atoms with Crippen LogP contribution in [0, 0.1) is 0 Å². The molecule has 0 unspecified atom stereocenters. The minimum Gasteiger partial charge on any atom is -0.404 e. The second-order valence-electron chi connectivity index (χ2n) is 6.70. The van der Waals surface area contributed by atoms with E-state index in [9.17, 15) is 9.59 Å². The topological polar surface area (TPSA) is 131 Å². The Hall–Kier alpha value is -3.33. The fraction of sp³-hybridized carbons (Fsp3) is 0.316. The van der Waals surface area contributed by atoms with Crippen LogP contribution in [0.3, 0.4) is 0 Å². The molecule has 0 spiro atoms. The van der Waals surface area contributed by atoms with Crippen LogP contribution < -0.4 is 22.3 Å². The van der Waals surface area contributed by atoms with Gasteiger partial charge in [-0.3, -0.25) is 24.3 Å². The zero-order valence-electron chi connectivity index (χ0n) is 15.5. The number of pyridine rings is 2. The van der Waals surface area contributed by atoms with Gasteiger partial charge in [0, 0.05) is 37.3 Å². The maximum atomic E-state index is 12.8. The summed E-state index contributed by atoms with van der Waals surface area (Å²) in [6, 6.07) is 3.58. The van der Waals surface area contributed by atoms with Gasteiger partial charge in [0.15, 0.2) is 0 Å². The average Bonchev–Trinajstić information content (AvgIpc) is 2.72. The predicted octanol–water partition coefficient (Wildman–Crippen LogP) is 0.558. The number of nitrogens with two attached hydrogens (primary N) is 1. The number of hydrogen-bond donors (Lipinski definition) is 3. The Labute approximate surface area is 160 Å². The molecule has 9 nitrogen and oxygen atoms in total. The number of hydrogen-bond acceptors (Lipinski definition) is 7. The number of rotatable bonds is 3. The van der Waals surface area contributed by atoms with Crippen LogP contribution in [0.2, 0.25) is 0 Å². The lowest BCUT2D eigenvalue weighted by molar-refractivity contribution is 0.365. The highest BCUT2D eigenvalue weighted by Crippen LogP contribution is 2.26. The van der Waals surface area contributed by atoms with Gasteiger partial charge in [-0.05, 0) is 38.1 Å². The van der Waals surface area contributed by atoms with Crippen LogP contribution in [-0.2, 0) is 0 Å². The van der Waals surface area contributed by atoms with Crippen LogP contribution in [0.4, 0.5) is 0 Å². The lowest BCUT2D eigenvalue weighted by Gasteiger charge is -2.26. The van der Waals surface area contributed by atoms with Crippen LogP contribution in [0.1, 0.15) is 24.6 Å². The number of nitrogens with zero attached hydrogens (tertiary/aromatic N) is 4. The molecule has 1 fully saturated rings. The summed E-state index contributed by atoms with van der Waals surface area (Å²) in [5, 5.41) is 3.64. The Kier molecular flexibility index (Phi) is 4.74. The first-order valence-corrected chi connectivity index (χ1v) is 9.13. The summed E-state index contributed by atoms with van der Waals surface area (Å²) in [4.78, 5) is 40.7. The number of piperidine rings is 1. The Balaban J connectivity index is 2.09. The maximum absolute atomic E-state index is 12.8. The number of aromatic amines is 1. The van der Waals surface area contributed by atoms with Gasteiger partial charge in [0.05, 0.1) is 22.1 Å². The maximum Gasteiger partial charge on any atom is 0.329 e. The average molecular weight is 379 g/mol. The molecule has 1 saturated heterocycles. The molecule has 0 aromatic carbocycles. The van der Waals surface area contributed by atoms with Gasteiger partial charge in [-0.2, -0.15) is 0 Å². The lowest BCUT2D eigenvalue weighted by Crippen LogP contribution is -2.38. The second kappa shape index (κ2) is 7.35. The van der Waals surface area contributed by atoms with E-state index in [4.69, 9.17) is 10.7 Å². The molecule has 4 heterocycles. The Morgan fingerprint density at radius 2 is 2.11 bits per heavy atom. The molecular formula is C19H21N7O2. The standard InChI is InChI=1S/C19H21N7O2/c1-21-9-11(8-20)14-2-3-15-16(24-14)17-13(10-23-15)18(27)25-19(28)26(17)12-4-6-22-7-5-12/h2-3,8-10,12,22H,4-7,20H2,1H3,(H,25,27,28). The zero-order valence-corrected chi connectivity index (χ0v) is 15.5. The van der Waals surface area contributed by atoms with E-state index in [1.54, 1.807) is 23.9 Å². The van der Waals surface area contributed by atoms with E-state index < -0.39 is 11.2 Å². The zero-order chi connectivity index (χ0) is 19.7. The van der Waals surface area contributed by atoms with Crippen molar-refractivity contribution in [3.63, 3.8) is 0 Å². The Morgan fingerprint density at radius 3 is 2.82 bits per heavy atom. The molecule has 4 N–H and O–H groups in total. The number of fused-ring (bicyclic) bond motifs is 3. The monoisotopic (exact) mass is 379 g/mol. The third-order valence-corrected chi connectivity index (χ3v) is 5.03. The Morgan fingerprint density at radius 1 is 1.32 bits per heavy atom. The van der Waals surface area contributed by atoms with E-state index in [-0.39, 0.29) is 6.04 Å². The number of aromatic nitrogens is 4. The van der Waals surface area contributed by atoms with Gasteiger partial charge < -0.3 is 11.1 Å². The first-order valence-electron chi connectivity index (χ1n) is 9.13. The van der Waals surface area contributed by atoms with E-state index in [1.807, 2.05) is 6.07 Å². The van der Waals surface area contributed by atoms with Gasteiger partial charge in [0.1, 0.15) is 5.52 Å². The number of nitrogens with one attached hydrogen (secondary N) is 2. The first kappa shape index (κ1) is 18.1. The smallest absolute Gasteiger partial charge is 0.329 e. The van der Waals surface area contributed by atoms with Crippen molar-refractivity contribution >= 4 is 33.7 Å². The second-order valence-corrected chi connectivity index (χ2v) is 6.70. The fourth-order valence-electron chi connectivity index (χ4n) is 3.70. The van der Waals surface area contributed by atoms with Gasteiger partial charge in [0.2, 0.25) is 0 Å². The quantitative estimate of drug-likeness (QED) is 0.450. The van der Waals surface area contributed by atoms with Crippen molar-refractivity contribution in [1.82, 2.24) is 24.8 Å². The van der Waals surface area contributed by atoms with Gasteiger partial charge >= 0.3 is 5.69 Å². The van der Waals surface area contributed by atoms with Crippen LogP contribution in [0.15, 0.2) is 39.1 Å². The summed E-state index contributed by atoms with van der Waals surface area (Å²) >= 11 is 0. The van der Waals surface area contributed by atoms with E-state index in [1.165, 1.54) is 12.4 Å². The van der Waals surface area contributed by atoms with Crippen LogP contribution in [-0.4, -0.2) is 45.9 Å². The van der Waals surface area contributed by atoms with Gasteiger partial charge in [-0.25, -0.2) is 9.78 Å². The summed E-state index contributed by atoms with van der Waals surface area (Å²) in [6.07, 6.45) is 6.12. The van der Waals surface area contributed by atoms with E-state index >= 15 is 0 Å². The van der Waals surface area contributed by atoms with Crippen molar-refractivity contribution in [1.29, 1.82) is 0 Å². The SMILES string of the molecule is CN=CC(=CN)c1ccc2ncc3c(=O)[nH]c(=O)n(C4CCNCC4)c3c2n1. The third kappa shape index (κ3) is 2.99. The van der Waals surface area contributed by atoms with E-state index in [0.717, 1.165) is 25.9 Å². The largest absolute Gasteiger partial charge is 0.404 e. The molecule has 0 amide bonds. The molecule has 0 bridgehead atoms. The Bertz CT molecular complexity index is 1220. The molecule has 0 saturated carbocycles. The van der Waals surface area contributed by atoms with Crippen molar-refractivity contribution < 1.29 is 0 Å². The molecule has 0 atom stereocenters. The minimum atomic E-state index is -0.462. The number of allylic oxidation sites excluding steroid dienone is 1. The van der Waals surface area contributed by atoms with E-state index in [0.29, 0.717) is 33.2 Å². The molecule has 144 valence electrons. The molecule has 3 aromatic heterocycles. The summed E-state index contributed by atoms with van der Waals surface area (Å²) in [6.45, 7) is 1.62. The van der Waals surface area contributed by atoms with Crippen molar-refractivity contribution in [2.24, 2.45) is 10.7 Å². The molecular weight excluding hydrogens is 358 g/mol. The van der Waals surface area contributed by atoms with Gasteiger partial charge in [0.25, 0.3) is 5.56 Å². The lowest BCUT2D eigenvalue weighted by atomic mass is 10.1. The van der Waals surface area contributed by atoms with Crippen molar-refractivity contribution in [3.8, 4) is 0 Å². The number of aliphatic imine (C=N–C) groups is 1. The number of H-pyrrole nitrogens is 1. The van der Waals surface area contributed by atoms with E-state index in [2.05, 4.69) is 20.3 Å². The highest BCUT2D eigenvalue weighted by Gasteiger charge is 2.22. The molecule has 0 aliphatic carbocycles. The molecule has 3 aromatic rings. The highest BCUT2D eigenvalue weighted by atomic mass is 16.2. The van der Waals surface area contributed by atoms with Crippen molar-refractivity contribution in [2.75, 3.05) is 20.1 Å². The first-order chi connectivity index (χ1) is 13.6. The van der Waals surface area contributed by atoms with Gasteiger partial charge in [-0.1, -0.05) is 0 Å². The van der Waals surface area contributed by atoms with Crippen LogP contribution >= 0.6 is 0 Å². The summed E-state index contributed by atoms with van der Waals surface area (Å²) in [7, 11) is 1.65. The molecule has 1 aliphatic rings. The predicted molar refractivity (Wildman–Crippen MR) is 110 cm³/mol. The molecule has 0 radical (unpaired) electrons. The van der Waals surface area contributed by atoms with Crippen molar-refractivity contribution in [3.05, 3.63) is 51.1 Å². The fourth-order valence-corrected chi connectivity index (χ4v) is 3.70. The summed E-state index contributed by atoms with van der Waals surface area (Å²) in [5.74, 6) is 0. The third-order valence-electron chi connectivity index (χ3n) is 5.03. The molecule has 1 aliphatic heterocycles.